The van der Waals surface area contributed by atoms with Crippen LogP contribution in [0.15, 0.2) is 59.0 Å². The lowest BCUT2D eigenvalue weighted by molar-refractivity contribution is 0.965. The van der Waals surface area contributed by atoms with Crippen molar-refractivity contribution in [3.8, 4) is 16.8 Å². The van der Waals surface area contributed by atoms with Gasteiger partial charge >= 0.3 is 0 Å². The van der Waals surface area contributed by atoms with Crippen LogP contribution in [0.4, 0.5) is 0 Å². The predicted molar refractivity (Wildman–Crippen MR) is 105 cm³/mol. The molecule has 0 bridgehead atoms. The maximum absolute atomic E-state index is 13.2. The van der Waals surface area contributed by atoms with Crippen LogP contribution in [0.2, 0.25) is 0 Å². The molecule has 0 spiro atoms. The molecule has 0 N–H and O–H groups in total. The number of rotatable bonds is 2. The van der Waals surface area contributed by atoms with Crippen LogP contribution in [-0.2, 0) is 0 Å². The molecule has 4 heteroatoms. The summed E-state index contributed by atoms with van der Waals surface area (Å²) in [4.78, 5) is 18.5. The van der Waals surface area contributed by atoms with Gasteiger partial charge in [0.15, 0.2) is 0 Å². The lowest BCUT2D eigenvalue weighted by Crippen LogP contribution is -2.18. The Labute approximate surface area is 150 Å². The predicted octanol–water partition coefficient (Wildman–Crippen LogP) is 5.04. The van der Waals surface area contributed by atoms with Crippen LogP contribution in [0.3, 0.4) is 0 Å². The summed E-state index contributed by atoms with van der Waals surface area (Å²) in [6, 6.07) is 14.2. The van der Waals surface area contributed by atoms with Crippen LogP contribution < -0.4 is 5.56 Å². The molecule has 4 aromatic rings. The van der Waals surface area contributed by atoms with Crippen LogP contribution in [0, 0.1) is 20.8 Å². The third kappa shape index (κ3) is 2.68. The zero-order chi connectivity index (χ0) is 17.6. The van der Waals surface area contributed by atoms with Crippen molar-refractivity contribution in [2.45, 2.75) is 20.8 Å². The summed E-state index contributed by atoms with van der Waals surface area (Å²) in [5.74, 6) is 0. The topological polar surface area (TPSA) is 34.9 Å². The molecule has 25 heavy (non-hydrogen) atoms. The van der Waals surface area contributed by atoms with Crippen molar-refractivity contribution >= 4 is 21.6 Å². The van der Waals surface area contributed by atoms with Crippen LogP contribution in [0.25, 0.3) is 27.0 Å². The second-order valence-electron chi connectivity index (χ2n) is 6.40. The minimum atomic E-state index is -0.0231. The number of aryl methyl sites for hydroxylation is 3. The summed E-state index contributed by atoms with van der Waals surface area (Å²) >= 11 is 1.52. The molecule has 0 fully saturated rings. The van der Waals surface area contributed by atoms with Gasteiger partial charge in [-0.25, -0.2) is 4.98 Å². The van der Waals surface area contributed by atoms with Crippen molar-refractivity contribution in [2.75, 3.05) is 0 Å². The minimum Gasteiger partial charge on any atom is -0.268 e. The van der Waals surface area contributed by atoms with E-state index in [1.807, 2.05) is 36.6 Å². The normalized spacial score (nSPS) is 11.2. The lowest BCUT2D eigenvalue weighted by atomic mass is 9.99. The second kappa shape index (κ2) is 5.97. The average Bonchev–Trinajstić information content (AvgIpc) is 3.01. The van der Waals surface area contributed by atoms with Gasteiger partial charge < -0.3 is 0 Å². The Balaban J connectivity index is 1.98. The van der Waals surface area contributed by atoms with E-state index in [9.17, 15) is 4.79 Å². The summed E-state index contributed by atoms with van der Waals surface area (Å²) in [6.45, 7) is 6.19. The van der Waals surface area contributed by atoms with Gasteiger partial charge in [0, 0.05) is 10.9 Å². The number of nitrogens with zero attached hydrogens (tertiary/aromatic N) is 2. The SMILES string of the molecule is Cc1ccc(-n2cnc3scc(-c4ccc(C)cc4C)c3c2=O)cc1. The van der Waals surface area contributed by atoms with Crippen molar-refractivity contribution in [3.05, 3.63) is 81.2 Å². The highest BCUT2D eigenvalue weighted by Crippen LogP contribution is 2.33. The number of fused-ring (bicyclic) bond motifs is 1. The minimum absolute atomic E-state index is 0.0231. The zero-order valence-corrected chi connectivity index (χ0v) is 15.2. The van der Waals surface area contributed by atoms with Crippen LogP contribution in [0.1, 0.15) is 16.7 Å². The summed E-state index contributed by atoms with van der Waals surface area (Å²) in [7, 11) is 0. The molecule has 0 saturated carbocycles. The lowest BCUT2D eigenvalue weighted by Gasteiger charge is -2.08. The quantitative estimate of drug-likeness (QED) is 0.510. The standard InChI is InChI=1S/C21H18N2OS/c1-13-4-7-16(8-5-13)23-12-22-20-19(21(23)24)18(11-25-20)17-9-6-14(2)10-15(17)3/h4-12H,1-3H3. The first-order valence-corrected chi connectivity index (χ1v) is 9.06. The molecular weight excluding hydrogens is 328 g/mol. The summed E-state index contributed by atoms with van der Waals surface area (Å²) < 4.78 is 1.63. The van der Waals surface area contributed by atoms with Gasteiger partial charge in [-0.1, -0.05) is 41.5 Å². The molecule has 0 aliphatic carbocycles. The maximum Gasteiger partial charge on any atom is 0.267 e. The Morgan fingerprint density at radius 1 is 0.920 bits per heavy atom. The molecule has 0 saturated heterocycles. The number of aromatic nitrogens is 2. The Kier molecular flexibility index (Phi) is 3.77. The third-order valence-corrected chi connectivity index (χ3v) is 5.37. The van der Waals surface area contributed by atoms with E-state index in [2.05, 4.69) is 37.0 Å². The van der Waals surface area contributed by atoms with Crippen LogP contribution in [-0.4, -0.2) is 9.55 Å². The van der Waals surface area contributed by atoms with E-state index < -0.39 is 0 Å². The number of benzene rings is 2. The van der Waals surface area contributed by atoms with Gasteiger partial charge in [0.05, 0.1) is 11.1 Å². The fraction of sp³-hybridized carbons (Fsp3) is 0.143. The van der Waals surface area contributed by atoms with E-state index in [1.54, 1.807) is 10.9 Å². The third-order valence-electron chi connectivity index (χ3n) is 4.48. The van der Waals surface area contributed by atoms with Gasteiger partial charge in [0.25, 0.3) is 5.56 Å². The van der Waals surface area contributed by atoms with Crippen molar-refractivity contribution in [2.24, 2.45) is 0 Å². The first kappa shape index (κ1) is 15.8. The Morgan fingerprint density at radius 2 is 1.64 bits per heavy atom. The number of hydrogen-bond donors (Lipinski definition) is 0. The molecule has 0 radical (unpaired) electrons. The molecule has 2 aromatic carbocycles. The van der Waals surface area contributed by atoms with Gasteiger partial charge in [-0.05, 0) is 44.0 Å². The van der Waals surface area contributed by atoms with E-state index in [4.69, 9.17) is 0 Å². The highest BCUT2D eigenvalue weighted by Gasteiger charge is 2.15. The van der Waals surface area contributed by atoms with Gasteiger partial charge in [-0.3, -0.25) is 9.36 Å². The van der Waals surface area contributed by atoms with Gasteiger partial charge in [0.2, 0.25) is 0 Å². The van der Waals surface area contributed by atoms with Crippen LogP contribution in [0.5, 0.6) is 0 Å². The molecule has 2 aromatic heterocycles. The molecule has 0 amide bonds. The van der Waals surface area contributed by atoms with E-state index in [-0.39, 0.29) is 5.56 Å². The largest absolute Gasteiger partial charge is 0.268 e. The van der Waals surface area contributed by atoms with Crippen molar-refractivity contribution in [3.63, 3.8) is 0 Å². The van der Waals surface area contributed by atoms with Gasteiger partial charge in [-0.2, -0.15) is 0 Å². The summed E-state index contributed by atoms with van der Waals surface area (Å²) in [5, 5.41) is 2.73. The van der Waals surface area contributed by atoms with Crippen molar-refractivity contribution < 1.29 is 0 Å². The zero-order valence-electron chi connectivity index (χ0n) is 14.4. The van der Waals surface area contributed by atoms with Crippen molar-refractivity contribution in [1.82, 2.24) is 9.55 Å². The molecule has 2 heterocycles. The second-order valence-corrected chi connectivity index (χ2v) is 7.26. The van der Waals surface area contributed by atoms with Gasteiger partial charge in [-0.15, -0.1) is 11.3 Å². The molecule has 124 valence electrons. The fourth-order valence-electron chi connectivity index (χ4n) is 3.14. The summed E-state index contributed by atoms with van der Waals surface area (Å²) in [6.07, 6.45) is 1.62. The first-order valence-electron chi connectivity index (χ1n) is 8.18. The highest BCUT2D eigenvalue weighted by atomic mass is 32.1. The molecule has 3 nitrogen and oxygen atoms in total. The molecule has 4 rings (SSSR count). The Bertz CT molecular complexity index is 1140. The van der Waals surface area contributed by atoms with E-state index in [1.165, 1.54) is 22.5 Å². The van der Waals surface area contributed by atoms with Crippen molar-refractivity contribution in [1.29, 1.82) is 0 Å². The summed E-state index contributed by atoms with van der Waals surface area (Å²) in [5.41, 5.74) is 6.43. The van der Waals surface area contributed by atoms with E-state index >= 15 is 0 Å². The fourth-order valence-corrected chi connectivity index (χ4v) is 4.03. The number of thiophene rings is 1. The highest BCUT2D eigenvalue weighted by molar-refractivity contribution is 7.17. The molecule has 0 unspecified atom stereocenters. The average molecular weight is 346 g/mol. The molecule has 0 aliphatic heterocycles. The molecular formula is C21H18N2OS. The maximum atomic E-state index is 13.2. The monoisotopic (exact) mass is 346 g/mol. The first-order chi connectivity index (χ1) is 12.0. The molecule has 0 aliphatic rings. The Hall–Kier alpha value is -2.72. The smallest absolute Gasteiger partial charge is 0.267 e. The van der Waals surface area contributed by atoms with E-state index in [0.29, 0.717) is 5.39 Å². The Morgan fingerprint density at radius 3 is 2.36 bits per heavy atom. The van der Waals surface area contributed by atoms with E-state index in [0.717, 1.165) is 27.2 Å². The van der Waals surface area contributed by atoms with Gasteiger partial charge in [0.1, 0.15) is 11.2 Å². The number of hydrogen-bond acceptors (Lipinski definition) is 3. The molecule has 0 atom stereocenters. The van der Waals surface area contributed by atoms with Crippen LogP contribution >= 0.6 is 11.3 Å².